The highest BCUT2D eigenvalue weighted by atomic mass is 16.4. The third kappa shape index (κ3) is 18.0. The van der Waals surface area contributed by atoms with E-state index in [0.29, 0.717) is 0 Å². The van der Waals surface area contributed by atoms with Crippen molar-refractivity contribution in [3.05, 3.63) is 29.8 Å². The molecule has 0 aromatic heterocycles. The van der Waals surface area contributed by atoms with Gasteiger partial charge < -0.3 is 84.0 Å². The molecule has 0 radical (unpaired) electrons. The second-order valence-corrected chi connectivity index (χ2v) is 14.9. The molecule has 0 spiro atoms. The molecule has 1 aromatic carbocycles. The van der Waals surface area contributed by atoms with Gasteiger partial charge in [0.25, 0.3) is 0 Å². The van der Waals surface area contributed by atoms with E-state index in [9.17, 15) is 88.2 Å². The lowest BCUT2D eigenvalue weighted by Gasteiger charge is -2.30. The summed E-state index contributed by atoms with van der Waals surface area (Å²) in [4.78, 5) is 152. The van der Waals surface area contributed by atoms with Crippen LogP contribution in [0.5, 0.6) is 5.75 Å². The van der Waals surface area contributed by atoms with Crippen molar-refractivity contribution >= 4 is 71.1 Å². The van der Waals surface area contributed by atoms with Gasteiger partial charge in [-0.1, -0.05) is 12.1 Å². The minimum Gasteiger partial charge on any atom is -0.508 e. The van der Waals surface area contributed by atoms with Crippen LogP contribution in [0.15, 0.2) is 24.3 Å². The first-order valence-electron chi connectivity index (χ1n) is 20.0. The van der Waals surface area contributed by atoms with E-state index >= 15 is 0 Å². The Balaban J connectivity index is 2.41. The summed E-state index contributed by atoms with van der Waals surface area (Å²) in [6, 6.07) is -8.77. The first kappa shape index (κ1) is 54.7. The molecule has 2 rings (SSSR count). The molecule has 0 saturated carbocycles. The van der Waals surface area contributed by atoms with Gasteiger partial charge in [-0.3, -0.25) is 52.7 Å². The fraction of sp³-hybridized carbons (Fsp3) is 0.526. The van der Waals surface area contributed by atoms with Crippen LogP contribution < -0.4 is 43.4 Å². The highest BCUT2D eigenvalue weighted by Crippen LogP contribution is 2.20. The zero-order chi connectivity index (χ0) is 49.8. The molecule has 364 valence electrons. The number of rotatable bonds is 28. The summed E-state index contributed by atoms with van der Waals surface area (Å²) in [5.74, 6) is -15.6. The Morgan fingerprint density at radius 1 is 0.606 bits per heavy atom. The molecule has 1 saturated heterocycles. The molecule has 1 aliphatic heterocycles. The molecule has 1 aliphatic rings. The van der Waals surface area contributed by atoms with Crippen LogP contribution in [-0.4, -0.2) is 180 Å². The quantitative estimate of drug-likeness (QED) is 0.0371. The maximum absolute atomic E-state index is 13.9. The molecular weight excluding hydrogens is 886 g/mol. The Morgan fingerprint density at radius 3 is 1.58 bits per heavy atom. The zero-order valence-electron chi connectivity index (χ0n) is 35.0. The van der Waals surface area contributed by atoms with Crippen molar-refractivity contribution in [1.82, 2.24) is 36.8 Å². The van der Waals surface area contributed by atoms with Gasteiger partial charge in [0.2, 0.25) is 47.3 Å². The van der Waals surface area contributed by atoms with E-state index in [1.165, 1.54) is 24.3 Å². The summed E-state index contributed by atoms with van der Waals surface area (Å²) in [5.41, 5.74) is 11.1. The third-order valence-corrected chi connectivity index (χ3v) is 9.77. The average molecular weight is 940 g/mol. The predicted octanol–water partition coefficient (Wildman–Crippen LogP) is -6.69. The van der Waals surface area contributed by atoms with Crippen LogP contribution in [0, 0.1) is 0 Å². The zero-order valence-corrected chi connectivity index (χ0v) is 35.0. The summed E-state index contributed by atoms with van der Waals surface area (Å²) in [5, 5.41) is 79.2. The smallest absolute Gasteiger partial charge is 0.326 e. The van der Waals surface area contributed by atoms with E-state index in [1.54, 1.807) is 0 Å². The Bertz CT molecular complexity index is 1980. The van der Waals surface area contributed by atoms with E-state index < -0.39 is 178 Å². The molecule has 17 N–H and O–H groups in total. The lowest BCUT2D eigenvalue weighted by Crippen LogP contribution is -2.61. The predicted molar refractivity (Wildman–Crippen MR) is 218 cm³/mol. The van der Waals surface area contributed by atoms with Crippen LogP contribution in [-0.2, 0) is 64.0 Å². The number of nitrogens with one attached hydrogen (secondary N) is 6. The van der Waals surface area contributed by atoms with Crippen LogP contribution in [0.2, 0.25) is 0 Å². The first-order chi connectivity index (χ1) is 31.0. The fourth-order valence-electron chi connectivity index (χ4n) is 6.34. The number of aliphatic hydroxyl groups excluding tert-OH is 2. The summed E-state index contributed by atoms with van der Waals surface area (Å²) in [7, 11) is 0. The number of carboxylic acids is 4. The van der Waals surface area contributed by atoms with Crippen LogP contribution in [0.4, 0.5) is 0 Å². The van der Waals surface area contributed by atoms with Crippen molar-refractivity contribution in [3.63, 3.8) is 0 Å². The summed E-state index contributed by atoms with van der Waals surface area (Å²) in [6.07, 6.45) is -4.86. The number of carbonyl (C=O) groups excluding carboxylic acids is 8. The number of benzene rings is 1. The molecule has 0 aliphatic carbocycles. The largest absolute Gasteiger partial charge is 0.508 e. The number of carbonyl (C=O) groups is 12. The van der Waals surface area contributed by atoms with Crippen molar-refractivity contribution in [2.75, 3.05) is 19.8 Å². The number of phenolic OH excluding ortho intramolecular Hbond substituents is 1. The number of aliphatic hydroxyl groups is 2. The lowest BCUT2D eigenvalue weighted by atomic mass is 10.0. The van der Waals surface area contributed by atoms with Gasteiger partial charge in [-0.15, -0.1) is 0 Å². The number of hydrogen-bond acceptors (Lipinski definition) is 16. The van der Waals surface area contributed by atoms with Crippen molar-refractivity contribution in [2.45, 2.75) is 106 Å². The molecule has 1 aromatic rings. The molecule has 28 nitrogen and oxygen atoms in total. The number of phenols is 1. The first-order valence-corrected chi connectivity index (χ1v) is 20.0. The molecule has 8 amide bonds. The van der Waals surface area contributed by atoms with Gasteiger partial charge in [0.05, 0.1) is 26.1 Å². The number of aliphatic carboxylic acids is 4. The maximum Gasteiger partial charge on any atom is 0.326 e. The highest BCUT2D eigenvalue weighted by Gasteiger charge is 2.41. The fourth-order valence-corrected chi connectivity index (χ4v) is 6.34. The standard InChI is InChI=1S/C38H53N9O19/c39-19(15-48)31(58)41-20(7-9-28(52)53)32(59)42-21(8-10-29(54)55)33(60)43-22(12-17-3-5-18(50)6-4-17)34(61)46-25(16-49)35(62)44-23(13-27(40)51)37(64)47-11-1-2-26(47)36(63)45-24(38(65)66)14-30(56)57/h3-6,19-26,48-50H,1-2,7-16,39H2,(H2,40,51)(H,41,58)(H,42,59)(H,43,60)(H,44,62)(H,45,63)(H,46,61)(H,52,53)(H,54,55)(H,56,57)(H,65,66)/t19-,20-,21-,22-,23-,24-,25-,26-/m0/s1. The topological polar surface area (TPSA) is 474 Å². The number of carboxylic acid groups (broad SMARTS) is 4. The normalized spacial score (nSPS) is 16.3. The van der Waals surface area contributed by atoms with Crippen molar-refractivity contribution in [1.29, 1.82) is 0 Å². The number of nitrogens with zero attached hydrogens (tertiary/aromatic N) is 1. The van der Waals surface area contributed by atoms with Gasteiger partial charge in [0.15, 0.2) is 0 Å². The van der Waals surface area contributed by atoms with Crippen LogP contribution in [0.3, 0.4) is 0 Å². The molecule has 0 unspecified atom stereocenters. The van der Waals surface area contributed by atoms with E-state index in [-0.39, 0.29) is 30.7 Å². The number of likely N-dealkylation sites (tertiary alicyclic amines) is 1. The minimum absolute atomic E-state index is 0.0419. The van der Waals surface area contributed by atoms with E-state index in [2.05, 4.69) is 26.6 Å². The number of nitrogens with two attached hydrogens (primary N) is 2. The molecule has 8 atom stereocenters. The van der Waals surface area contributed by atoms with Crippen molar-refractivity contribution in [3.8, 4) is 5.75 Å². The summed E-state index contributed by atoms with van der Waals surface area (Å²) >= 11 is 0. The monoisotopic (exact) mass is 939 g/mol. The van der Waals surface area contributed by atoms with Gasteiger partial charge >= 0.3 is 23.9 Å². The Kier molecular flexibility index (Phi) is 21.8. The molecule has 1 fully saturated rings. The second kappa shape index (κ2) is 26.4. The minimum atomic E-state index is -1.96. The number of aromatic hydroxyl groups is 1. The molecule has 28 heteroatoms. The van der Waals surface area contributed by atoms with E-state index in [1.807, 2.05) is 5.32 Å². The van der Waals surface area contributed by atoms with Gasteiger partial charge in [-0.25, -0.2) is 4.79 Å². The van der Waals surface area contributed by atoms with Crippen LogP contribution >= 0.6 is 0 Å². The SMILES string of the molecule is NC(=O)C[C@H](NC(=O)[C@H](CO)NC(=O)[C@H](Cc1ccc(O)cc1)NC(=O)[C@H](CCC(=O)O)NC(=O)[C@H](CCC(=O)O)NC(=O)[C@@H](N)CO)C(=O)N1CCC[C@H]1C(=O)N[C@@H](CC(=O)O)C(=O)O. The molecule has 66 heavy (non-hydrogen) atoms. The highest BCUT2D eigenvalue weighted by molar-refractivity contribution is 5.99. The van der Waals surface area contributed by atoms with Gasteiger partial charge in [0.1, 0.15) is 54.1 Å². The molecule has 1 heterocycles. The molecular formula is C38H53N9O19. The Labute approximate surface area is 373 Å². The average Bonchev–Trinajstić information content (AvgIpc) is 3.74. The second-order valence-electron chi connectivity index (χ2n) is 14.9. The summed E-state index contributed by atoms with van der Waals surface area (Å²) < 4.78 is 0. The van der Waals surface area contributed by atoms with E-state index in [0.717, 1.165) is 4.90 Å². The number of amides is 8. The number of hydrogen-bond donors (Lipinski definition) is 15. The van der Waals surface area contributed by atoms with Crippen LogP contribution in [0.1, 0.15) is 56.9 Å². The Hall–Kier alpha value is -7.46. The van der Waals surface area contributed by atoms with E-state index in [4.69, 9.17) is 16.6 Å². The summed E-state index contributed by atoms with van der Waals surface area (Å²) in [6.45, 7) is -2.21. The third-order valence-electron chi connectivity index (χ3n) is 9.77. The van der Waals surface area contributed by atoms with Crippen molar-refractivity contribution in [2.24, 2.45) is 11.5 Å². The maximum atomic E-state index is 13.9. The Morgan fingerprint density at radius 2 is 1.09 bits per heavy atom. The van der Waals surface area contributed by atoms with Gasteiger partial charge in [-0.2, -0.15) is 0 Å². The van der Waals surface area contributed by atoms with Gasteiger partial charge in [-0.05, 0) is 43.4 Å². The molecule has 0 bridgehead atoms. The number of primary amides is 1. The van der Waals surface area contributed by atoms with Crippen LogP contribution in [0.25, 0.3) is 0 Å². The lowest BCUT2D eigenvalue weighted by molar-refractivity contribution is -0.148. The van der Waals surface area contributed by atoms with Gasteiger partial charge in [0, 0.05) is 25.8 Å². The van der Waals surface area contributed by atoms with Crippen molar-refractivity contribution < 1.29 is 93.3 Å².